The lowest BCUT2D eigenvalue weighted by Crippen LogP contribution is -2.27. The quantitative estimate of drug-likeness (QED) is 0.670. The van der Waals surface area contributed by atoms with Gasteiger partial charge in [-0.1, -0.05) is 48.5 Å². The second-order valence-corrected chi connectivity index (χ2v) is 6.14. The van der Waals surface area contributed by atoms with Crippen molar-refractivity contribution < 1.29 is 9.18 Å². The van der Waals surface area contributed by atoms with Crippen molar-refractivity contribution in [1.82, 2.24) is 15.3 Å². The van der Waals surface area contributed by atoms with Crippen LogP contribution in [0, 0.1) is 5.82 Å². The van der Waals surface area contributed by atoms with Crippen molar-refractivity contribution in [2.45, 2.75) is 19.4 Å². The topological polar surface area (TPSA) is 66.9 Å². The fourth-order valence-electron chi connectivity index (χ4n) is 2.68. The first-order chi connectivity index (χ1) is 13.1. The minimum absolute atomic E-state index is 0.00515. The molecule has 0 aliphatic rings. The van der Waals surface area contributed by atoms with E-state index in [1.165, 1.54) is 6.07 Å². The van der Waals surface area contributed by atoms with Crippen LogP contribution < -0.4 is 10.6 Å². The second kappa shape index (κ2) is 8.89. The average Bonchev–Trinajstić information content (AvgIpc) is 2.70. The molecule has 1 aromatic heterocycles. The van der Waals surface area contributed by atoms with Crippen LogP contribution in [0.5, 0.6) is 0 Å². The maximum atomic E-state index is 13.6. The molecule has 5 nitrogen and oxygen atoms in total. The van der Waals surface area contributed by atoms with Gasteiger partial charge >= 0.3 is 0 Å². The van der Waals surface area contributed by atoms with Crippen molar-refractivity contribution in [1.29, 1.82) is 0 Å². The third-order valence-corrected chi connectivity index (χ3v) is 4.17. The van der Waals surface area contributed by atoms with E-state index in [4.69, 9.17) is 0 Å². The third-order valence-electron chi connectivity index (χ3n) is 4.17. The molecule has 1 amide bonds. The molecule has 0 aliphatic heterocycles. The molecule has 0 saturated heterocycles. The van der Waals surface area contributed by atoms with Crippen LogP contribution in [-0.2, 0) is 6.42 Å². The van der Waals surface area contributed by atoms with E-state index < -0.39 is 0 Å². The van der Waals surface area contributed by atoms with Crippen LogP contribution in [0.4, 0.5) is 10.3 Å². The summed E-state index contributed by atoms with van der Waals surface area (Å²) in [4.78, 5) is 20.8. The third kappa shape index (κ3) is 5.10. The molecular weight excluding hydrogens is 343 g/mol. The molecule has 1 unspecified atom stereocenters. The van der Waals surface area contributed by atoms with Gasteiger partial charge in [-0.2, -0.15) is 0 Å². The van der Waals surface area contributed by atoms with E-state index >= 15 is 0 Å². The Bertz CT molecular complexity index is 901. The lowest BCUT2D eigenvalue weighted by Gasteiger charge is -2.14. The Kier molecular flexibility index (Phi) is 6.10. The number of halogens is 1. The van der Waals surface area contributed by atoms with E-state index in [1.807, 2.05) is 37.3 Å². The molecule has 6 heteroatoms. The highest BCUT2D eigenvalue weighted by Gasteiger charge is 2.11. The van der Waals surface area contributed by atoms with Gasteiger partial charge in [0.25, 0.3) is 5.91 Å². The Morgan fingerprint density at radius 1 is 1.07 bits per heavy atom. The summed E-state index contributed by atoms with van der Waals surface area (Å²) in [7, 11) is 0. The van der Waals surface area contributed by atoms with E-state index in [0.717, 1.165) is 5.56 Å². The van der Waals surface area contributed by atoms with Gasteiger partial charge in [0.05, 0.1) is 6.04 Å². The van der Waals surface area contributed by atoms with Crippen LogP contribution in [0.3, 0.4) is 0 Å². The molecule has 3 rings (SSSR count). The average molecular weight is 364 g/mol. The molecule has 0 aliphatic carbocycles. The zero-order valence-electron chi connectivity index (χ0n) is 15.0. The first-order valence-corrected chi connectivity index (χ1v) is 8.79. The Hall–Kier alpha value is -3.28. The molecule has 0 saturated carbocycles. The SMILES string of the molecule is CC(Nc1nccc(C(=O)NCCc2ccccc2F)n1)c1ccccc1. The smallest absolute Gasteiger partial charge is 0.270 e. The summed E-state index contributed by atoms with van der Waals surface area (Å²) < 4.78 is 13.6. The van der Waals surface area contributed by atoms with Crippen molar-refractivity contribution in [2.75, 3.05) is 11.9 Å². The van der Waals surface area contributed by atoms with Crippen molar-refractivity contribution in [3.05, 3.63) is 89.5 Å². The number of nitrogens with one attached hydrogen (secondary N) is 2. The largest absolute Gasteiger partial charge is 0.350 e. The Labute approximate surface area is 157 Å². The number of benzene rings is 2. The van der Waals surface area contributed by atoms with Gasteiger partial charge in [0.15, 0.2) is 0 Å². The zero-order chi connectivity index (χ0) is 19.1. The van der Waals surface area contributed by atoms with Gasteiger partial charge in [0.2, 0.25) is 5.95 Å². The fraction of sp³-hybridized carbons (Fsp3) is 0.190. The number of hydrogen-bond acceptors (Lipinski definition) is 4. The number of anilines is 1. The van der Waals surface area contributed by atoms with E-state index in [1.54, 1.807) is 30.5 Å². The van der Waals surface area contributed by atoms with Gasteiger partial charge < -0.3 is 10.6 Å². The van der Waals surface area contributed by atoms with Crippen LogP contribution in [0.2, 0.25) is 0 Å². The van der Waals surface area contributed by atoms with Gasteiger partial charge in [-0.25, -0.2) is 14.4 Å². The summed E-state index contributed by atoms with van der Waals surface area (Å²) in [5.74, 6) is -0.201. The lowest BCUT2D eigenvalue weighted by atomic mass is 10.1. The molecule has 0 bridgehead atoms. The van der Waals surface area contributed by atoms with Crippen molar-refractivity contribution in [3.8, 4) is 0 Å². The first kappa shape index (κ1) is 18.5. The number of nitrogens with zero attached hydrogens (tertiary/aromatic N) is 2. The van der Waals surface area contributed by atoms with Crippen LogP contribution >= 0.6 is 0 Å². The number of aromatic nitrogens is 2. The van der Waals surface area contributed by atoms with E-state index in [-0.39, 0.29) is 23.5 Å². The summed E-state index contributed by atoms with van der Waals surface area (Å²) >= 11 is 0. The molecule has 0 spiro atoms. The Morgan fingerprint density at radius 2 is 1.81 bits per heavy atom. The predicted molar refractivity (Wildman–Crippen MR) is 103 cm³/mol. The maximum Gasteiger partial charge on any atom is 0.270 e. The van der Waals surface area contributed by atoms with Crippen molar-refractivity contribution >= 4 is 11.9 Å². The number of carbonyl (C=O) groups excluding carboxylic acids is 1. The van der Waals surface area contributed by atoms with Crippen LogP contribution in [0.15, 0.2) is 66.9 Å². The molecule has 1 heterocycles. The van der Waals surface area contributed by atoms with Gasteiger partial charge in [-0.3, -0.25) is 4.79 Å². The number of hydrogen-bond donors (Lipinski definition) is 2. The molecule has 2 aromatic carbocycles. The minimum Gasteiger partial charge on any atom is -0.350 e. The Balaban J connectivity index is 1.58. The molecule has 0 radical (unpaired) electrons. The highest BCUT2D eigenvalue weighted by molar-refractivity contribution is 5.92. The van der Waals surface area contributed by atoms with Crippen LogP contribution in [0.25, 0.3) is 0 Å². The highest BCUT2D eigenvalue weighted by atomic mass is 19.1. The summed E-state index contributed by atoms with van der Waals surface area (Å²) in [5, 5.41) is 5.95. The number of amides is 1. The minimum atomic E-state index is -0.316. The monoisotopic (exact) mass is 364 g/mol. The van der Waals surface area contributed by atoms with E-state index in [0.29, 0.717) is 24.5 Å². The van der Waals surface area contributed by atoms with Crippen molar-refractivity contribution in [3.63, 3.8) is 0 Å². The lowest BCUT2D eigenvalue weighted by molar-refractivity contribution is 0.0949. The molecule has 2 N–H and O–H groups in total. The summed E-state index contributed by atoms with van der Waals surface area (Å²) in [6.07, 6.45) is 1.96. The number of carbonyl (C=O) groups is 1. The first-order valence-electron chi connectivity index (χ1n) is 8.79. The predicted octanol–water partition coefficient (Wildman–Crippen LogP) is 3.76. The number of rotatable bonds is 7. The molecule has 27 heavy (non-hydrogen) atoms. The van der Waals surface area contributed by atoms with Gasteiger partial charge in [0.1, 0.15) is 11.5 Å². The molecule has 0 fully saturated rings. The van der Waals surface area contributed by atoms with Gasteiger partial charge in [0, 0.05) is 12.7 Å². The van der Waals surface area contributed by atoms with Crippen LogP contribution in [-0.4, -0.2) is 22.4 Å². The summed E-state index contributed by atoms with van der Waals surface area (Å²) in [5.41, 5.74) is 1.93. The molecule has 3 aromatic rings. The standard InChI is InChI=1S/C21H21FN4O/c1-15(16-7-3-2-4-8-16)25-21-24-14-12-19(26-21)20(27)23-13-11-17-9-5-6-10-18(17)22/h2-10,12,14-15H,11,13H2,1H3,(H,23,27)(H,24,25,26). The molecule has 138 valence electrons. The molecular formula is C21H21FN4O. The zero-order valence-corrected chi connectivity index (χ0v) is 15.0. The molecule has 1 atom stereocenters. The normalized spacial score (nSPS) is 11.6. The van der Waals surface area contributed by atoms with Gasteiger partial charge in [-0.05, 0) is 36.6 Å². The maximum absolute atomic E-state index is 13.6. The van der Waals surface area contributed by atoms with Crippen LogP contribution in [0.1, 0.15) is 34.6 Å². The fourth-order valence-corrected chi connectivity index (χ4v) is 2.68. The van der Waals surface area contributed by atoms with Crippen molar-refractivity contribution in [2.24, 2.45) is 0 Å². The second-order valence-electron chi connectivity index (χ2n) is 6.14. The Morgan fingerprint density at radius 3 is 2.59 bits per heavy atom. The van der Waals surface area contributed by atoms with Gasteiger partial charge in [-0.15, -0.1) is 0 Å². The van der Waals surface area contributed by atoms with E-state index in [9.17, 15) is 9.18 Å². The van der Waals surface area contributed by atoms with E-state index in [2.05, 4.69) is 20.6 Å². The summed E-state index contributed by atoms with van der Waals surface area (Å²) in [6, 6.07) is 18.0. The summed E-state index contributed by atoms with van der Waals surface area (Å²) in [6.45, 7) is 2.33. The highest BCUT2D eigenvalue weighted by Crippen LogP contribution is 2.16.